The Kier molecular flexibility index (Phi) is 7.13. The van der Waals surface area contributed by atoms with Crippen molar-refractivity contribution in [1.82, 2.24) is 0 Å². The van der Waals surface area contributed by atoms with Gasteiger partial charge in [0, 0.05) is 45.1 Å². The van der Waals surface area contributed by atoms with Crippen LogP contribution in [-0.4, -0.2) is 8.42 Å². The molecule has 3 nitrogen and oxygen atoms in total. The van der Waals surface area contributed by atoms with Crippen LogP contribution in [0.4, 0.5) is 0 Å². The van der Waals surface area contributed by atoms with Crippen molar-refractivity contribution in [3.05, 3.63) is 41.3 Å². The van der Waals surface area contributed by atoms with Crippen LogP contribution in [0.2, 0.25) is 0 Å². The van der Waals surface area contributed by atoms with E-state index in [1.807, 2.05) is 18.2 Å². The van der Waals surface area contributed by atoms with E-state index in [1.165, 1.54) is 6.08 Å². The van der Waals surface area contributed by atoms with E-state index in [0.29, 0.717) is 0 Å². The van der Waals surface area contributed by atoms with E-state index in [4.69, 9.17) is 0 Å². The summed E-state index contributed by atoms with van der Waals surface area (Å²) in [7, 11) is -1.84. The first kappa shape index (κ1) is 14.5. The monoisotopic (exact) mass is 355 g/mol. The topological polar surface area (TPSA) is 43.4 Å². The van der Waals surface area contributed by atoms with Gasteiger partial charge in [0.1, 0.15) is 0 Å². The Hall–Kier alpha value is 0.495. The summed E-state index contributed by atoms with van der Waals surface area (Å²) < 4.78 is 25.8. The van der Waals surface area contributed by atoms with Crippen molar-refractivity contribution in [2.45, 2.75) is 0 Å². The molecule has 0 aliphatic rings. The molecule has 0 spiro atoms. The van der Waals surface area contributed by atoms with Gasteiger partial charge in [-0.25, -0.2) is 0 Å². The Morgan fingerprint density at radius 3 is 2.29 bits per heavy atom. The summed E-state index contributed by atoms with van der Waals surface area (Å²) in [5, 5.41) is 1.01. The van der Waals surface area contributed by atoms with E-state index in [0.717, 1.165) is 11.0 Å². The van der Waals surface area contributed by atoms with Crippen LogP contribution in [-0.2, 0) is 14.1 Å². The van der Waals surface area contributed by atoms with Crippen LogP contribution in [0, 0.1) is 35.6 Å². The van der Waals surface area contributed by atoms with Gasteiger partial charge in [0.05, 0.1) is 5.41 Å². The Balaban J connectivity index is 0.00000169. The molecule has 0 saturated carbocycles. The van der Waals surface area contributed by atoms with Crippen LogP contribution >= 0.6 is 9.47 Å². The molecule has 1 unspecified atom stereocenters. The summed E-state index contributed by atoms with van der Waals surface area (Å²) in [6, 6.07) is 9.11. The minimum Gasteiger partial charge on any atom is -0.251 e. The Bertz CT molecular complexity index is 388. The maximum atomic E-state index is 10.8. The van der Waals surface area contributed by atoms with E-state index in [-0.39, 0.29) is 35.6 Å². The van der Waals surface area contributed by atoms with Crippen molar-refractivity contribution in [2.24, 2.45) is 0 Å². The molecule has 0 aliphatic heterocycles. The Morgan fingerprint density at radius 1 is 1.21 bits per heavy atom. The van der Waals surface area contributed by atoms with Crippen LogP contribution in [0.1, 0.15) is 5.56 Å². The van der Waals surface area contributed by atoms with Crippen LogP contribution in [0.3, 0.4) is 0 Å². The molecular weight excluding hydrogens is 346 g/mol. The first-order valence-corrected chi connectivity index (χ1v) is 5.45. The SMILES string of the molecule is O=S(=O)(C=Cc1ccccc1)OP.[La]. The molecule has 1 radical (unpaired) electrons. The molecule has 6 heteroatoms. The third-order valence-electron chi connectivity index (χ3n) is 1.36. The molecule has 0 saturated heterocycles. The molecule has 14 heavy (non-hydrogen) atoms. The Labute approximate surface area is 114 Å². The largest absolute Gasteiger partial charge is 0.292 e. The van der Waals surface area contributed by atoms with Crippen molar-refractivity contribution in [3.8, 4) is 0 Å². The van der Waals surface area contributed by atoms with E-state index in [2.05, 4.69) is 3.97 Å². The van der Waals surface area contributed by atoms with Crippen LogP contribution < -0.4 is 0 Å². The van der Waals surface area contributed by atoms with Crippen molar-refractivity contribution in [3.63, 3.8) is 0 Å². The zero-order valence-electron chi connectivity index (χ0n) is 7.33. The average Bonchev–Trinajstić information content (AvgIpc) is 2.17. The summed E-state index contributed by atoms with van der Waals surface area (Å²) >= 11 is 0. The molecule has 0 aromatic heterocycles. The van der Waals surface area contributed by atoms with Gasteiger partial charge < -0.3 is 0 Å². The van der Waals surface area contributed by atoms with Gasteiger partial charge in [-0.2, -0.15) is 8.42 Å². The summed E-state index contributed by atoms with van der Waals surface area (Å²) in [4.78, 5) is 0. The van der Waals surface area contributed by atoms with Gasteiger partial charge in [0.25, 0.3) is 10.1 Å². The van der Waals surface area contributed by atoms with Crippen molar-refractivity contribution in [1.29, 1.82) is 0 Å². The quantitative estimate of drug-likeness (QED) is 0.777. The molecule has 1 aromatic rings. The maximum absolute atomic E-state index is 10.8. The normalized spacial score (nSPS) is 11.2. The summed E-state index contributed by atoms with van der Waals surface area (Å²) in [5.41, 5.74) is 0.813. The summed E-state index contributed by atoms with van der Waals surface area (Å²) in [6.07, 6.45) is 1.47. The molecule has 1 rings (SSSR count). The zero-order chi connectivity index (χ0) is 9.73. The second-order valence-electron chi connectivity index (χ2n) is 2.30. The van der Waals surface area contributed by atoms with E-state index in [9.17, 15) is 8.42 Å². The molecule has 0 bridgehead atoms. The predicted octanol–water partition coefficient (Wildman–Crippen LogP) is 1.79. The molecule has 73 valence electrons. The maximum Gasteiger partial charge on any atom is 0.292 e. The van der Waals surface area contributed by atoms with Crippen LogP contribution in [0.15, 0.2) is 35.7 Å². The van der Waals surface area contributed by atoms with Crippen LogP contribution in [0.5, 0.6) is 0 Å². The fourth-order valence-electron chi connectivity index (χ4n) is 0.758. The minimum absolute atomic E-state index is 0. The minimum atomic E-state index is -3.54. The third-order valence-corrected chi connectivity index (χ3v) is 2.90. The summed E-state index contributed by atoms with van der Waals surface area (Å²) in [6.45, 7) is 0. The van der Waals surface area contributed by atoms with Crippen LogP contribution in [0.25, 0.3) is 6.08 Å². The van der Waals surface area contributed by atoms with Gasteiger partial charge in [-0.1, -0.05) is 30.3 Å². The molecule has 0 aliphatic carbocycles. The number of rotatable bonds is 3. The van der Waals surface area contributed by atoms with Gasteiger partial charge in [-0.3, -0.25) is 3.97 Å². The molecule has 0 fully saturated rings. The Morgan fingerprint density at radius 2 is 1.79 bits per heavy atom. The van der Waals surface area contributed by atoms with Gasteiger partial charge in [-0.05, 0) is 11.6 Å². The first-order valence-electron chi connectivity index (χ1n) is 3.50. The molecule has 1 aromatic carbocycles. The van der Waals surface area contributed by atoms with Gasteiger partial charge in [0.15, 0.2) is 0 Å². The first-order chi connectivity index (χ1) is 6.14. The zero-order valence-corrected chi connectivity index (χ0v) is 12.9. The molecular formula is C8H9LaO3PS. The van der Waals surface area contributed by atoms with E-state index in [1.54, 1.807) is 21.6 Å². The average molecular weight is 355 g/mol. The van der Waals surface area contributed by atoms with Gasteiger partial charge >= 0.3 is 0 Å². The van der Waals surface area contributed by atoms with E-state index >= 15 is 0 Å². The number of hydrogen-bond donors (Lipinski definition) is 0. The summed E-state index contributed by atoms with van der Waals surface area (Å²) in [5.74, 6) is 0. The predicted molar refractivity (Wildman–Crippen MR) is 55.2 cm³/mol. The molecule has 1 atom stereocenters. The van der Waals surface area contributed by atoms with E-state index < -0.39 is 10.1 Å². The smallest absolute Gasteiger partial charge is 0.251 e. The third kappa shape index (κ3) is 5.39. The number of benzene rings is 1. The van der Waals surface area contributed by atoms with Gasteiger partial charge in [0.2, 0.25) is 0 Å². The van der Waals surface area contributed by atoms with Crippen molar-refractivity contribution in [2.75, 3.05) is 0 Å². The fourth-order valence-corrected chi connectivity index (χ4v) is 1.34. The molecule has 0 heterocycles. The van der Waals surface area contributed by atoms with Gasteiger partial charge in [-0.15, -0.1) is 0 Å². The second-order valence-corrected chi connectivity index (χ2v) is 4.33. The standard InChI is InChI=1S/C8H9O3PS.La/c9-13(10,11-12)7-6-8-4-2-1-3-5-8;/h1-7H,12H2;. The number of hydrogen-bond acceptors (Lipinski definition) is 3. The van der Waals surface area contributed by atoms with Crippen molar-refractivity contribution < 1.29 is 48.0 Å². The van der Waals surface area contributed by atoms with Crippen molar-refractivity contribution >= 4 is 25.7 Å². The second kappa shape index (κ2) is 6.88. The fraction of sp³-hybridized carbons (Fsp3) is 0. The molecule has 0 N–H and O–H groups in total. The molecule has 0 amide bonds.